The van der Waals surface area contributed by atoms with Crippen molar-refractivity contribution in [2.75, 3.05) is 0 Å². The number of carbonyl (C=O) groups is 2. The molecule has 0 fully saturated rings. The monoisotopic (exact) mass is 426 g/mol. The van der Waals surface area contributed by atoms with Gasteiger partial charge in [0.15, 0.2) is 12.2 Å². The number of hydrogen-bond acceptors (Lipinski definition) is 7. The lowest BCUT2D eigenvalue weighted by atomic mass is 9.87. The summed E-state index contributed by atoms with van der Waals surface area (Å²) in [4.78, 5) is 37.0. The van der Waals surface area contributed by atoms with Crippen LogP contribution in [0.2, 0.25) is 0 Å². The zero-order chi connectivity index (χ0) is 22.9. The Balaban J connectivity index is 2.21. The van der Waals surface area contributed by atoms with E-state index in [2.05, 4.69) is 0 Å². The zero-order valence-electron chi connectivity index (χ0n) is 18.5. The predicted octanol–water partition coefficient (Wildman–Crippen LogP) is 4.39. The molecule has 7 nitrogen and oxygen atoms in total. The second kappa shape index (κ2) is 8.41. The molecule has 1 aromatic carbocycles. The molecule has 3 rings (SSSR count). The topological polar surface area (TPSA) is 92.0 Å². The summed E-state index contributed by atoms with van der Waals surface area (Å²) in [6, 6.07) is 6.38. The van der Waals surface area contributed by atoms with Gasteiger partial charge in [0.2, 0.25) is 0 Å². The highest BCUT2D eigenvalue weighted by Crippen LogP contribution is 2.46. The molecule has 2 heterocycles. The average molecular weight is 426 g/mol. The van der Waals surface area contributed by atoms with Crippen LogP contribution in [0.15, 0.2) is 56.8 Å². The van der Waals surface area contributed by atoms with Crippen LogP contribution in [-0.2, 0) is 19.1 Å². The Labute approximate surface area is 180 Å². The Morgan fingerprint density at radius 1 is 0.935 bits per heavy atom. The molecule has 0 spiro atoms. The van der Waals surface area contributed by atoms with Gasteiger partial charge in [0, 0.05) is 23.6 Å². The lowest BCUT2D eigenvalue weighted by Gasteiger charge is -2.43. The predicted molar refractivity (Wildman–Crippen MR) is 115 cm³/mol. The number of fused-ring (bicyclic) bond motifs is 3. The maximum atomic E-state index is 12.6. The fourth-order valence-corrected chi connectivity index (χ4v) is 3.47. The number of hydrogen-bond donors (Lipinski definition) is 0. The summed E-state index contributed by atoms with van der Waals surface area (Å²) in [6.07, 6.45) is 0.654. The standard InChI is InChI=1S/C24H26O7/c1-13(2)11-18(26)29-22-20-16(9-7-15-8-10-17(25)28-21(15)20)31-24(5,6)23(22)30-19(27)12-14(3)4/h7-12,22-23H,1-6H3/t22-,23+/m0/s1. The Morgan fingerprint density at radius 2 is 1.52 bits per heavy atom. The third kappa shape index (κ3) is 4.87. The summed E-state index contributed by atoms with van der Waals surface area (Å²) in [5.74, 6) is -0.807. The van der Waals surface area contributed by atoms with E-state index >= 15 is 0 Å². The molecule has 31 heavy (non-hydrogen) atoms. The number of rotatable bonds is 4. The molecule has 0 unspecified atom stereocenters. The van der Waals surface area contributed by atoms with Crippen molar-refractivity contribution in [3.05, 3.63) is 63.5 Å². The molecule has 0 bridgehead atoms. The van der Waals surface area contributed by atoms with E-state index in [0.29, 0.717) is 16.7 Å². The molecule has 2 aromatic rings. The van der Waals surface area contributed by atoms with Crippen molar-refractivity contribution in [3.8, 4) is 5.75 Å². The SMILES string of the molecule is CC(C)=CC(=O)O[C@@H]1[C@@H](OC(=O)C=C(C)C)c2c(ccc3ccc(=O)oc23)OC1(C)C. The zero-order valence-corrected chi connectivity index (χ0v) is 18.5. The van der Waals surface area contributed by atoms with Crippen molar-refractivity contribution in [2.24, 2.45) is 0 Å². The first-order valence-electron chi connectivity index (χ1n) is 9.95. The maximum absolute atomic E-state index is 12.6. The van der Waals surface area contributed by atoms with Gasteiger partial charge in [0.1, 0.15) is 16.9 Å². The van der Waals surface area contributed by atoms with Crippen LogP contribution in [0.25, 0.3) is 11.0 Å². The van der Waals surface area contributed by atoms with E-state index in [1.807, 2.05) is 0 Å². The van der Waals surface area contributed by atoms with Crippen LogP contribution < -0.4 is 10.4 Å². The second-order valence-electron chi connectivity index (χ2n) is 8.51. The highest BCUT2D eigenvalue weighted by molar-refractivity contribution is 5.86. The van der Waals surface area contributed by atoms with E-state index in [1.165, 1.54) is 18.2 Å². The number of esters is 2. The highest BCUT2D eigenvalue weighted by atomic mass is 16.6. The second-order valence-corrected chi connectivity index (χ2v) is 8.51. The minimum absolute atomic E-state index is 0.221. The van der Waals surface area contributed by atoms with Gasteiger partial charge in [-0.3, -0.25) is 0 Å². The Hall–Kier alpha value is -3.35. The normalized spacial score (nSPS) is 18.9. The summed E-state index contributed by atoms with van der Waals surface area (Å²) >= 11 is 0. The summed E-state index contributed by atoms with van der Waals surface area (Å²) in [5, 5.41) is 0.624. The van der Waals surface area contributed by atoms with E-state index in [4.69, 9.17) is 18.6 Å². The molecule has 1 aliphatic rings. The maximum Gasteiger partial charge on any atom is 0.336 e. The molecule has 1 aliphatic heterocycles. The van der Waals surface area contributed by atoms with E-state index in [0.717, 1.165) is 11.1 Å². The fraction of sp³-hybridized carbons (Fsp3) is 0.375. The number of carbonyl (C=O) groups excluding carboxylic acids is 2. The molecule has 2 atom stereocenters. The Bertz CT molecular complexity index is 1140. The van der Waals surface area contributed by atoms with Crippen molar-refractivity contribution in [2.45, 2.75) is 59.4 Å². The van der Waals surface area contributed by atoms with Crippen molar-refractivity contribution in [1.29, 1.82) is 0 Å². The van der Waals surface area contributed by atoms with Crippen molar-refractivity contribution >= 4 is 22.9 Å². The largest absolute Gasteiger partial charge is 0.483 e. The molecule has 0 aliphatic carbocycles. The number of benzene rings is 1. The summed E-state index contributed by atoms with van der Waals surface area (Å²) < 4.78 is 23.0. The van der Waals surface area contributed by atoms with Crippen LogP contribution >= 0.6 is 0 Å². The lowest BCUT2D eigenvalue weighted by Crippen LogP contribution is -2.52. The molecular weight excluding hydrogens is 400 g/mol. The first-order valence-corrected chi connectivity index (χ1v) is 9.95. The van der Waals surface area contributed by atoms with Crippen LogP contribution in [0.5, 0.6) is 5.75 Å². The molecule has 164 valence electrons. The molecule has 0 saturated carbocycles. The van der Waals surface area contributed by atoms with Crippen molar-refractivity contribution in [3.63, 3.8) is 0 Å². The quantitative estimate of drug-likeness (QED) is 0.407. The van der Waals surface area contributed by atoms with Gasteiger partial charge < -0.3 is 18.6 Å². The van der Waals surface area contributed by atoms with E-state index < -0.39 is 35.4 Å². The van der Waals surface area contributed by atoms with E-state index in [1.54, 1.807) is 59.7 Å². The summed E-state index contributed by atoms with van der Waals surface area (Å²) in [6.45, 7) is 10.6. The fourth-order valence-electron chi connectivity index (χ4n) is 3.47. The molecule has 0 radical (unpaired) electrons. The van der Waals surface area contributed by atoms with Gasteiger partial charge in [-0.1, -0.05) is 11.1 Å². The van der Waals surface area contributed by atoms with Gasteiger partial charge in [-0.2, -0.15) is 0 Å². The van der Waals surface area contributed by atoms with Crippen LogP contribution in [0.1, 0.15) is 53.2 Å². The van der Waals surface area contributed by atoms with Gasteiger partial charge in [0.25, 0.3) is 0 Å². The minimum atomic E-state index is -1.05. The molecule has 0 saturated heterocycles. The minimum Gasteiger partial charge on any atom is -0.483 e. The van der Waals surface area contributed by atoms with E-state index in [-0.39, 0.29) is 5.58 Å². The summed E-state index contributed by atoms with van der Waals surface area (Å²) in [5.41, 5.74) is 0.488. The average Bonchev–Trinajstić information content (AvgIpc) is 2.62. The van der Waals surface area contributed by atoms with Crippen LogP contribution in [0.4, 0.5) is 0 Å². The van der Waals surface area contributed by atoms with Gasteiger partial charge in [-0.05, 0) is 59.7 Å². The van der Waals surface area contributed by atoms with Gasteiger partial charge in [-0.25, -0.2) is 14.4 Å². The van der Waals surface area contributed by atoms with Crippen molar-refractivity contribution < 1.29 is 28.2 Å². The van der Waals surface area contributed by atoms with Crippen molar-refractivity contribution in [1.82, 2.24) is 0 Å². The number of allylic oxidation sites excluding steroid dienone is 2. The van der Waals surface area contributed by atoms with Gasteiger partial charge in [-0.15, -0.1) is 0 Å². The molecule has 7 heteroatoms. The lowest BCUT2D eigenvalue weighted by molar-refractivity contribution is -0.184. The van der Waals surface area contributed by atoms with Crippen LogP contribution in [0.3, 0.4) is 0 Å². The smallest absolute Gasteiger partial charge is 0.336 e. The molecular formula is C24H26O7. The number of ether oxygens (including phenoxy) is 3. The Morgan fingerprint density at radius 3 is 2.13 bits per heavy atom. The summed E-state index contributed by atoms with van der Waals surface area (Å²) in [7, 11) is 0. The van der Waals surface area contributed by atoms with E-state index in [9.17, 15) is 14.4 Å². The van der Waals surface area contributed by atoms with Crippen LogP contribution in [0, 0.1) is 0 Å². The highest BCUT2D eigenvalue weighted by Gasteiger charge is 2.49. The van der Waals surface area contributed by atoms with Gasteiger partial charge >= 0.3 is 17.6 Å². The molecule has 1 aromatic heterocycles. The third-order valence-electron chi connectivity index (χ3n) is 4.71. The molecule has 0 amide bonds. The van der Waals surface area contributed by atoms with Crippen LogP contribution in [-0.4, -0.2) is 23.6 Å². The Kier molecular flexibility index (Phi) is 6.06. The van der Waals surface area contributed by atoms with Gasteiger partial charge in [0.05, 0.1) is 5.56 Å². The molecule has 0 N–H and O–H groups in total. The first-order chi connectivity index (χ1) is 14.5. The third-order valence-corrected chi connectivity index (χ3v) is 4.71. The first kappa shape index (κ1) is 22.3.